The minimum Gasteiger partial charge on any atom is -0.347 e. The van der Waals surface area contributed by atoms with E-state index in [4.69, 9.17) is 0 Å². The molecule has 0 aliphatic heterocycles. The number of sulfonamides is 1. The molecule has 0 saturated carbocycles. The van der Waals surface area contributed by atoms with Gasteiger partial charge in [0.25, 0.3) is 11.5 Å². The highest BCUT2D eigenvalue weighted by Crippen LogP contribution is 2.09. The third kappa shape index (κ3) is 6.32. The number of carbonyl (C=O) groups excluding carboxylic acids is 1. The van der Waals surface area contributed by atoms with Crippen LogP contribution in [0.4, 0.5) is 4.39 Å². The first-order chi connectivity index (χ1) is 15.1. The smallest absolute Gasteiger partial charge is 0.272 e. The maximum absolute atomic E-state index is 13.1. The van der Waals surface area contributed by atoms with Crippen molar-refractivity contribution >= 4 is 15.9 Å². The van der Waals surface area contributed by atoms with Crippen LogP contribution in [0.2, 0.25) is 0 Å². The van der Waals surface area contributed by atoms with E-state index in [9.17, 15) is 22.4 Å². The Morgan fingerprint density at radius 2 is 1.62 bits per heavy atom. The standard InChI is InChI=1S/C22H23FN4O4S/c1-15(2)26-32(30,31)14-17-5-3-16(4-6-17)13-24-22(29)20-11-12-21(28)27(25-20)19-9-7-18(23)8-10-19/h3-12,15,26H,13-14H2,1-2H3,(H,24,29). The number of aromatic nitrogens is 2. The quantitative estimate of drug-likeness (QED) is 0.537. The predicted octanol–water partition coefficient (Wildman–Crippen LogP) is 2.13. The third-order valence-corrected chi connectivity index (χ3v) is 5.90. The molecule has 2 aromatic carbocycles. The van der Waals surface area contributed by atoms with E-state index in [0.717, 1.165) is 10.2 Å². The van der Waals surface area contributed by atoms with Crippen LogP contribution >= 0.6 is 0 Å². The van der Waals surface area contributed by atoms with Gasteiger partial charge in [0.15, 0.2) is 0 Å². The highest BCUT2D eigenvalue weighted by Gasteiger charge is 2.14. The Labute approximate surface area is 185 Å². The molecule has 0 bridgehead atoms. The monoisotopic (exact) mass is 458 g/mol. The summed E-state index contributed by atoms with van der Waals surface area (Å²) in [5.74, 6) is -1.07. The summed E-state index contributed by atoms with van der Waals surface area (Å²) in [6, 6.07) is 14.4. The first-order valence-electron chi connectivity index (χ1n) is 9.85. The minimum atomic E-state index is -3.42. The first kappa shape index (κ1) is 23.3. The second kappa shape index (κ2) is 9.84. The summed E-state index contributed by atoms with van der Waals surface area (Å²) < 4.78 is 40.7. The van der Waals surface area contributed by atoms with Crippen LogP contribution in [0.5, 0.6) is 0 Å². The van der Waals surface area contributed by atoms with Gasteiger partial charge >= 0.3 is 0 Å². The van der Waals surface area contributed by atoms with Gasteiger partial charge in [-0.2, -0.15) is 9.78 Å². The zero-order valence-corrected chi connectivity index (χ0v) is 18.4. The van der Waals surface area contributed by atoms with Gasteiger partial charge < -0.3 is 5.32 Å². The van der Waals surface area contributed by atoms with Crippen molar-refractivity contribution in [3.8, 4) is 5.69 Å². The molecule has 0 fully saturated rings. The van der Waals surface area contributed by atoms with Gasteiger partial charge in [-0.15, -0.1) is 0 Å². The summed E-state index contributed by atoms with van der Waals surface area (Å²) in [5, 5.41) is 6.77. The largest absolute Gasteiger partial charge is 0.347 e. The lowest BCUT2D eigenvalue weighted by Gasteiger charge is -2.10. The lowest BCUT2D eigenvalue weighted by atomic mass is 10.1. The van der Waals surface area contributed by atoms with Crippen LogP contribution in [-0.4, -0.2) is 30.1 Å². The summed E-state index contributed by atoms with van der Waals surface area (Å²) in [5.41, 5.74) is 1.30. The number of hydrogen-bond acceptors (Lipinski definition) is 5. The summed E-state index contributed by atoms with van der Waals surface area (Å²) in [6.45, 7) is 3.70. The number of rotatable bonds is 8. The molecule has 8 nitrogen and oxygen atoms in total. The Bertz CT molecular complexity index is 1250. The zero-order chi connectivity index (χ0) is 23.3. The van der Waals surface area contributed by atoms with Gasteiger partial charge in [-0.25, -0.2) is 17.5 Å². The second-order valence-corrected chi connectivity index (χ2v) is 9.23. The van der Waals surface area contributed by atoms with Gasteiger partial charge in [-0.3, -0.25) is 9.59 Å². The number of nitrogens with one attached hydrogen (secondary N) is 2. The maximum Gasteiger partial charge on any atom is 0.272 e. The van der Waals surface area contributed by atoms with E-state index in [0.29, 0.717) is 11.3 Å². The molecule has 168 valence electrons. The molecule has 3 aromatic rings. The van der Waals surface area contributed by atoms with E-state index < -0.39 is 27.3 Å². The van der Waals surface area contributed by atoms with Crippen LogP contribution in [0.1, 0.15) is 35.5 Å². The lowest BCUT2D eigenvalue weighted by molar-refractivity contribution is 0.0944. The van der Waals surface area contributed by atoms with Crippen molar-refractivity contribution < 1.29 is 17.6 Å². The average Bonchev–Trinajstić information content (AvgIpc) is 2.73. The molecule has 0 unspecified atom stereocenters. The molecule has 0 aliphatic carbocycles. The number of amides is 1. The van der Waals surface area contributed by atoms with Crippen LogP contribution < -0.4 is 15.6 Å². The third-order valence-electron chi connectivity index (χ3n) is 4.35. The fourth-order valence-corrected chi connectivity index (χ4v) is 4.38. The number of carbonyl (C=O) groups is 1. The van der Waals surface area contributed by atoms with Crippen LogP contribution in [0.25, 0.3) is 5.69 Å². The summed E-state index contributed by atoms with van der Waals surface area (Å²) in [7, 11) is -3.42. The van der Waals surface area contributed by atoms with E-state index >= 15 is 0 Å². The van der Waals surface area contributed by atoms with E-state index in [2.05, 4.69) is 15.1 Å². The lowest BCUT2D eigenvalue weighted by Crippen LogP contribution is -2.31. The molecule has 32 heavy (non-hydrogen) atoms. The molecule has 0 spiro atoms. The highest BCUT2D eigenvalue weighted by molar-refractivity contribution is 7.88. The van der Waals surface area contributed by atoms with Crippen LogP contribution in [0.3, 0.4) is 0 Å². The fourth-order valence-electron chi connectivity index (χ4n) is 2.95. The van der Waals surface area contributed by atoms with Gasteiger partial charge in [-0.05, 0) is 55.3 Å². The predicted molar refractivity (Wildman–Crippen MR) is 118 cm³/mol. The summed E-state index contributed by atoms with van der Waals surface area (Å²) in [4.78, 5) is 24.6. The SMILES string of the molecule is CC(C)NS(=O)(=O)Cc1ccc(CNC(=O)c2ccc(=O)n(-c3ccc(F)cc3)n2)cc1. The molecule has 2 N–H and O–H groups in total. The average molecular weight is 459 g/mol. The second-order valence-electron chi connectivity index (χ2n) is 7.48. The minimum absolute atomic E-state index is 0.0244. The van der Waals surface area contributed by atoms with Crippen molar-refractivity contribution in [1.82, 2.24) is 19.8 Å². The zero-order valence-electron chi connectivity index (χ0n) is 17.6. The molecule has 0 atom stereocenters. The molecule has 1 heterocycles. The molecule has 1 amide bonds. The van der Waals surface area contributed by atoms with Gasteiger partial charge in [-0.1, -0.05) is 24.3 Å². The van der Waals surface area contributed by atoms with E-state index in [-0.39, 0.29) is 24.0 Å². The maximum atomic E-state index is 13.1. The van der Waals surface area contributed by atoms with Crippen molar-refractivity contribution in [3.05, 3.63) is 93.7 Å². The van der Waals surface area contributed by atoms with Gasteiger partial charge in [0.2, 0.25) is 10.0 Å². The normalized spacial score (nSPS) is 11.5. The molecular weight excluding hydrogens is 435 g/mol. The first-order valence-corrected chi connectivity index (χ1v) is 11.5. The molecular formula is C22H23FN4O4S. The number of hydrogen-bond donors (Lipinski definition) is 2. The van der Waals surface area contributed by atoms with Crippen molar-refractivity contribution in [2.75, 3.05) is 0 Å². The molecule has 0 aliphatic rings. The van der Waals surface area contributed by atoms with Crippen LogP contribution in [0, 0.1) is 5.82 Å². The molecule has 10 heteroatoms. The number of benzene rings is 2. The van der Waals surface area contributed by atoms with Crippen LogP contribution in [0.15, 0.2) is 65.5 Å². The Morgan fingerprint density at radius 3 is 2.25 bits per heavy atom. The van der Waals surface area contributed by atoms with E-state index in [1.54, 1.807) is 38.1 Å². The molecule has 1 aromatic heterocycles. The van der Waals surface area contributed by atoms with Crippen molar-refractivity contribution in [2.24, 2.45) is 0 Å². The van der Waals surface area contributed by atoms with Gasteiger partial charge in [0.1, 0.15) is 11.5 Å². The Morgan fingerprint density at radius 1 is 1.00 bits per heavy atom. The van der Waals surface area contributed by atoms with Crippen molar-refractivity contribution in [1.29, 1.82) is 0 Å². The highest BCUT2D eigenvalue weighted by atomic mass is 32.2. The Hall–Kier alpha value is -3.37. The van der Waals surface area contributed by atoms with Crippen molar-refractivity contribution in [3.63, 3.8) is 0 Å². The molecule has 3 rings (SSSR count). The fraction of sp³-hybridized carbons (Fsp3) is 0.227. The Balaban J connectivity index is 1.65. The van der Waals surface area contributed by atoms with Gasteiger partial charge in [0.05, 0.1) is 11.4 Å². The van der Waals surface area contributed by atoms with E-state index in [1.807, 2.05) is 0 Å². The summed E-state index contributed by atoms with van der Waals surface area (Å²) in [6.07, 6.45) is 0. The topological polar surface area (TPSA) is 110 Å². The van der Waals surface area contributed by atoms with Crippen LogP contribution in [-0.2, 0) is 22.3 Å². The van der Waals surface area contributed by atoms with Gasteiger partial charge in [0, 0.05) is 18.7 Å². The molecule has 0 radical (unpaired) electrons. The molecule has 0 saturated heterocycles. The summed E-state index contributed by atoms with van der Waals surface area (Å²) >= 11 is 0. The number of nitrogens with zero attached hydrogens (tertiary/aromatic N) is 2. The van der Waals surface area contributed by atoms with Crippen molar-refractivity contribution in [2.45, 2.75) is 32.2 Å². The Kier molecular flexibility index (Phi) is 7.16. The number of halogens is 1. The van der Waals surface area contributed by atoms with E-state index in [1.165, 1.54) is 36.4 Å².